The van der Waals surface area contributed by atoms with Crippen molar-refractivity contribution in [2.75, 3.05) is 6.54 Å². The molecule has 1 aromatic rings. The van der Waals surface area contributed by atoms with Crippen molar-refractivity contribution in [1.82, 2.24) is 20.2 Å². The summed E-state index contributed by atoms with van der Waals surface area (Å²) in [6, 6.07) is 0.248. The summed E-state index contributed by atoms with van der Waals surface area (Å²) < 4.78 is 1.73. The molecular formula is C20H32N4O2. The minimum atomic E-state index is -0.0552. The van der Waals surface area contributed by atoms with Crippen molar-refractivity contribution in [3.05, 3.63) is 18.2 Å². The SMILES string of the molecule is Cn1cncc1C(=O)NC1CC(CCNC(=O)[C@@H]2C[C@H]2CC(C)(C)C)C1. The molecule has 2 amide bonds. The van der Waals surface area contributed by atoms with Crippen molar-refractivity contribution in [3.8, 4) is 0 Å². The molecule has 0 aromatic carbocycles. The first-order valence-electron chi connectivity index (χ1n) is 9.78. The minimum absolute atomic E-state index is 0.0552. The van der Waals surface area contributed by atoms with Crippen molar-refractivity contribution in [1.29, 1.82) is 0 Å². The molecule has 2 saturated carbocycles. The van der Waals surface area contributed by atoms with E-state index in [9.17, 15) is 9.59 Å². The lowest BCUT2D eigenvalue weighted by Crippen LogP contribution is -2.45. The Kier molecular flexibility index (Phi) is 5.39. The molecule has 0 radical (unpaired) electrons. The standard InChI is InChI=1S/C20H32N4O2/c1-20(2,3)10-14-9-16(14)18(25)22-6-5-13-7-15(8-13)23-19(26)17-11-21-12-24(17)4/h11-16H,5-10H2,1-4H3,(H,22,25)(H,23,26)/t13?,14-,15?,16+/m0/s1. The van der Waals surface area contributed by atoms with E-state index < -0.39 is 0 Å². The Bertz CT molecular complexity index is 655. The van der Waals surface area contributed by atoms with Crippen LogP contribution in [0.3, 0.4) is 0 Å². The van der Waals surface area contributed by atoms with Gasteiger partial charge in [0, 0.05) is 25.6 Å². The third-order valence-corrected chi connectivity index (χ3v) is 5.61. The molecular weight excluding hydrogens is 328 g/mol. The predicted octanol–water partition coefficient (Wildman–Crippen LogP) is 2.51. The predicted molar refractivity (Wildman–Crippen MR) is 100 cm³/mol. The summed E-state index contributed by atoms with van der Waals surface area (Å²) in [6.45, 7) is 7.46. The normalized spacial score (nSPS) is 27.5. The van der Waals surface area contributed by atoms with Crippen LogP contribution >= 0.6 is 0 Å². The van der Waals surface area contributed by atoms with Gasteiger partial charge in [-0.15, -0.1) is 0 Å². The summed E-state index contributed by atoms with van der Waals surface area (Å²) in [7, 11) is 1.82. The zero-order chi connectivity index (χ0) is 18.9. The van der Waals surface area contributed by atoms with Crippen molar-refractivity contribution in [2.24, 2.45) is 30.2 Å². The van der Waals surface area contributed by atoms with Crippen LogP contribution in [0.25, 0.3) is 0 Å². The average Bonchev–Trinajstić information content (AvgIpc) is 3.11. The molecule has 3 rings (SSSR count). The Labute approximate surface area is 156 Å². The number of carbonyl (C=O) groups excluding carboxylic acids is 2. The molecule has 0 unspecified atom stereocenters. The molecule has 6 heteroatoms. The Morgan fingerprint density at radius 2 is 2.00 bits per heavy atom. The van der Waals surface area contributed by atoms with E-state index in [-0.39, 0.29) is 23.8 Å². The van der Waals surface area contributed by atoms with Gasteiger partial charge in [-0.2, -0.15) is 0 Å². The van der Waals surface area contributed by atoms with Crippen LogP contribution in [0.2, 0.25) is 0 Å². The number of aromatic nitrogens is 2. The maximum absolute atomic E-state index is 12.2. The number of aryl methyl sites for hydroxylation is 1. The van der Waals surface area contributed by atoms with Gasteiger partial charge >= 0.3 is 0 Å². The number of nitrogens with one attached hydrogen (secondary N) is 2. The van der Waals surface area contributed by atoms with E-state index in [1.165, 1.54) is 0 Å². The Morgan fingerprint density at radius 3 is 2.62 bits per heavy atom. The number of carbonyl (C=O) groups is 2. The fraction of sp³-hybridized carbons (Fsp3) is 0.750. The van der Waals surface area contributed by atoms with Gasteiger partial charge in [0.2, 0.25) is 5.91 Å². The molecule has 2 fully saturated rings. The fourth-order valence-electron chi connectivity index (χ4n) is 4.04. The van der Waals surface area contributed by atoms with Gasteiger partial charge in [0.05, 0.1) is 12.5 Å². The van der Waals surface area contributed by atoms with Gasteiger partial charge in [-0.25, -0.2) is 4.98 Å². The van der Waals surface area contributed by atoms with Crippen LogP contribution in [0, 0.1) is 23.2 Å². The first-order chi connectivity index (χ1) is 12.2. The van der Waals surface area contributed by atoms with E-state index in [4.69, 9.17) is 0 Å². The first-order valence-corrected chi connectivity index (χ1v) is 9.78. The molecule has 1 heterocycles. The number of hydrogen-bond acceptors (Lipinski definition) is 3. The second-order valence-corrected chi connectivity index (χ2v) is 9.34. The summed E-state index contributed by atoms with van der Waals surface area (Å²) in [5, 5.41) is 6.16. The van der Waals surface area contributed by atoms with Gasteiger partial charge in [-0.1, -0.05) is 20.8 Å². The van der Waals surface area contributed by atoms with Crippen molar-refractivity contribution >= 4 is 11.8 Å². The van der Waals surface area contributed by atoms with Crippen LogP contribution in [-0.4, -0.2) is 34.0 Å². The number of amides is 2. The molecule has 2 aliphatic carbocycles. The number of imidazole rings is 1. The van der Waals surface area contributed by atoms with E-state index >= 15 is 0 Å². The quantitative estimate of drug-likeness (QED) is 0.784. The highest BCUT2D eigenvalue weighted by Gasteiger charge is 2.44. The Morgan fingerprint density at radius 1 is 1.27 bits per heavy atom. The Hall–Kier alpha value is -1.85. The van der Waals surface area contributed by atoms with Crippen LogP contribution in [-0.2, 0) is 11.8 Å². The molecule has 0 aliphatic heterocycles. The van der Waals surface area contributed by atoms with E-state index in [0.29, 0.717) is 22.9 Å². The smallest absolute Gasteiger partial charge is 0.269 e. The zero-order valence-corrected chi connectivity index (χ0v) is 16.4. The second kappa shape index (κ2) is 7.41. The number of rotatable bonds is 7. The first kappa shape index (κ1) is 18.9. The van der Waals surface area contributed by atoms with Gasteiger partial charge in [-0.3, -0.25) is 9.59 Å². The Balaban J connectivity index is 1.27. The number of hydrogen-bond donors (Lipinski definition) is 2. The molecule has 2 aliphatic rings. The maximum Gasteiger partial charge on any atom is 0.269 e. The molecule has 1 aromatic heterocycles. The van der Waals surface area contributed by atoms with Crippen LogP contribution in [0.4, 0.5) is 0 Å². The minimum Gasteiger partial charge on any atom is -0.356 e. The molecule has 2 N–H and O–H groups in total. The molecule has 0 spiro atoms. The molecule has 0 bridgehead atoms. The monoisotopic (exact) mass is 360 g/mol. The lowest BCUT2D eigenvalue weighted by Gasteiger charge is -2.36. The van der Waals surface area contributed by atoms with Crippen LogP contribution in [0.15, 0.2) is 12.5 Å². The van der Waals surface area contributed by atoms with Crippen molar-refractivity contribution in [2.45, 2.75) is 58.9 Å². The highest BCUT2D eigenvalue weighted by molar-refractivity contribution is 5.92. The zero-order valence-electron chi connectivity index (χ0n) is 16.4. The van der Waals surface area contributed by atoms with Gasteiger partial charge < -0.3 is 15.2 Å². The third kappa shape index (κ3) is 4.86. The average molecular weight is 361 g/mol. The molecule has 2 atom stereocenters. The summed E-state index contributed by atoms with van der Waals surface area (Å²) >= 11 is 0. The number of nitrogens with zero attached hydrogens (tertiary/aromatic N) is 2. The van der Waals surface area contributed by atoms with E-state index in [2.05, 4.69) is 36.4 Å². The van der Waals surface area contributed by atoms with Crippen LogP contribution in [0.1, 0.15) is 63.4 Å². The molecule has 144 valence electrons. The van der Waals surface area contributed by atoms with E-state index in [0.717, 1.165) is 38.6 Å². The van der Waals surface area contributed by atoms with Crippen molar-refractivity contribution < 1.29 is 9.59 Å². The molecule has 6 nitrogen and oxygen atoms in total. The van der Waals surface area contributed by atoms with E-state index in [1.807, 2.05) is 7.05 Å². The van der Waals surface area contributed by atoms with Gasteiger partial charge in [0.1, 0.15) is 5.69 Å². The van der Waals surface area contributed by atoms with E-state index in [1.54, 1.807) is 17.1 Å². The second-order valence-electron chi connectivity index (χ2n) is 9.34. The lowest BCUT2D eigenvalue weighted by molar-refractivity contribution is -0.122. The lowest BCUT2D eigenvalue weighted by atomic mass is 9.78. The molecule has 26 heavy (non-hydrogen) atoms. The molecule has 0 saturated heterocycles. The summed E-state index contributed by atoms with van der Waals surface area (Å²) in [5.74, 6) is 1.59. The largest absolute Gasteiger partial charge is 0.356 e. The third-order valence-electron chi connectivity index (χ3n) is 5.61. The van der Waals surface area contributed by atoms with Crippen LogP contribution in [0.5, 0.6) is 0 Å². The summed E-state index contributed by atoms with van der Waals surface area (Å²) in [5.41, 5.74) is 0.899. The van der Waals surface area contributed by atoms with Crippen LogP contribution < -0.4 is 10.6 Å². The summed E-state index contributed by atoms with van der Waals surface area (Å²) in [4.78, 5) is 28.3. The summed E-state index contributed by atoms with van der Waals surface area (Å²) in [6.07, 6.45) is 8.39. The van der Waals surface area contributed by atoms with Gasteiger partial charge in [0.25, 0.3) is 5.91 Å². The highest BCUT2D eigenvalue weighted by atomic mass is 16.2. The van der Waals surface area contributed by atoms with Gasteiger partial charge in [-0.05, 0) is 49.4 Å². The topological polar surface area (TPSA) is 76.0 Å². The fourth-order valence-corrected chi connectivity index (χ4v) is 4.04. The maximum atomic E-state index is 12.2. The van der Waals surface area contributed by atoms with Crippen molar-refractivity contribution in [3.63, 3.8) is 0 Å². The highest BCUT2D eigenvalue weighted by Crippen LogP contribution is 2.46. The van der Waals surface area contributed by atoms with Gasteiger partial charge in [0.15, 0.2) is 0 Å².